The second kappa shape index (κ2) is 8.18. The first kappa shape index (κ1) is 18.2. The molecule has 2 heterocycles. The summed E-state index contributed by atoms with van der Waals surface area (Å²) >= 11 is 0. The van der Waals surface area contributed by atoms with Gasteiger partial charge in [-0.2, -0.15) is 0 Å². The molecule has 0 unspecified atom stereocenters. The number of nitrogens with one attached hydrogen (secondary N) is 1. The molecule has 0 aromatic heterocycles. The summed E-state index contributed by atoms with van der Waals surface area (Å²) in [6, 6.07) is 6.13. The third-order valence-corrected chi connectivity index (χ3v) is 4.62. The van der Waals surface area contributed by atoms with Gasteiger partial charge in [0.25, 0.3) is 5.91 Å². The highest BCUT2D eigenvalue weighted by Crippen LogP contribution is 2.18. The van der Waals surface area contributed by atoms with Crippen molar-refractivity contribution in [3.63, 3.8) is 0 Å². The van der Waals surface area contributed by atoms with Crippen LogP contribution in [0.2, 0.25) is 0 Å². The zero-order chi connectivity index (χ0) is 18.5. The van der Waals surface area contributed by atoms with Crippen molar-refractivity contribution in [3.05, 3.63) is 29.8 Å². The van der Waals surface area contributed by atoms with Crippen molar-refractivity contribution in [2.45, 2.75) is 25.4 Å². The Morgan fingerprint density at radius 3 is 2.58 bits per heavy atom. The molecule has 8 heteroatoms. The largest absolute Gasteiger partial charge is 0.497 e. The van der Waals surface area contributed by atoms with Gasteiger partial charge in [0.2, 0.25) is 5.91 Å². The Morgan fingerprint density at radius 2 is 1.92 bits per heavy atom. The van der Waals surface area contributed by atoms with Crippen LogP contribution in [0, 0.1) is 0 Å². The smallest absolute Gasteiger partial charge is 0.325 e. The second-order valence-electron chi connectivity index (χ2n) is 6.31. The fourth-order valence-corrected chi connectivity index (χ4v) is 3.07. The Morgan fingerprint density at radius 1 is 1.23 bits per heavy atom. The summed E-state index contributed by atoms with van der Waals surface area (Å²) in [5.74, 6) is 0.412. The van der Waals surface area contributed by atoms with Crippen molar-refractivity contribution in [2.75, 3.05) is 33.4 Å². The number of urea groups is 1. The van der Waals surface area contributed by atoms with Gasteiger partial charge >= 0.3 is 6.03 Å². The first-order valence-corrected chi connectivity index (χ1v) is 8.69. The lowest BCUT2D eigenvalue weighted by Crippen LogP contribution is -2.41. The minimum Gasteiger partial charge on any atom is -0.497 e. The lowest BCUT2D eigenvalue weighted by atomic mass is 10.1. The Balaban J connectivity index is 1.53. The molecule has 0 radical (unpaired) electrons. The van der Waals surface area contributed by atoms with Gasteiger partial charge in [-0.3, -0.25) is 14.5 Å². The number of carbonyl (C=O) groups excluding carboxylic acids is 3. The third-order valence-electron chi connectivity index (χ3n) is 4.62. The van der Waals surface area contributed by atoms with Crippen LogP contribution in [0.5, 0.6) is 5.75 Å². The van der Waals surface area contributed by atoms with Gasteiger partial charge in [-0.15, -0.1) is 0 Å². The highest BCUT2D eigenvalue weighted by Gasteiger charge is 2.38. The quantitative estimate of drug-likeness (QED) is 0.756. The molecule has 2 saturated heterocycles. The normalized spacial score (nSPS) is 20.3. The lowest BCUT2D eigenvalue weighted by Gasteiger charge is -2.27. The summed E-state index contributed by atoms with van der Waals surface area (Å²) in [5, 5.41) is 2.67. The van der Waals surface area contributed by atoms with Gasteiger partial charge in [-0.1, -0.05) is 12.1 Å². The molecule has 0 bridgehead atoms. The number of morpholine rings is 1. The van der Waals surface area contributed by atoms with Crippen molar-refractivity contribution < 1.29 is 23.9 Å². The summed E-state index contributed by atoms with van der Waals surface area (Å²) in [6.45, 7) is 2.43. The molecule has 26 heavy (non-hydrogen) atoms. The third kappa shape index (κ3) is 4.13. The van der Waals surface area contributed by atoms with Gasteiger partial charge in [-0.25, -0.2) is 4.79 Å². The Bertz CT molecular complexity index is 670. The number of imide groups is 1. The van der Waals surface area contributed by atoms with Gasteiger partial charge < -0.3 is 19.7 Å². The second-order valence-corrected chi connectivity index (χ2v) is 6.31. The molecule has 8 nitrogen and oxygen atoms in total. The zero-order valence-electron chi connectivity index (χ0n) is 14.8. The van der Waals surface area contributed by atoms with Gasteiger partial charge in [0.15, 0.2) is 0 Å². The summed E-state index contributed by atoms with van der Waals surface area (Å²) in [7, 11) is 1.58. The SMILES string of the molecule is COc1ccc(CN2C(=O)N[C@H](CCC(=O)N3CCOCC3)C2=O)cc1. The average Bonchev–Trinajstić information content (AvgIpc) is 2.95. The van der Waals surface area contributed by atoms with E-state index in [2.05, 4.69) is 5.32 Å². The molecule has 3 rings (SSSR count). The Hall–Kier alpha value is -2.61. The van der Waals surface area contributed by atoms with Crippen LogP contribution in [-0.4, -0.2) is 67.1 Å². The lowest BCUT2D eigenvalue weighted by molar-refractivity contribution is -0.135. The van der Waals surface area contributed by atoms with E-state index in [9.17, 15) is 14.4 Å². The molecular formula is C18H23N3O5. The van der Waals surface area contributed by atoms with Crippen LogP contribution >= 0.6 is 0 Å². The fourth-order valence-electron chi connectivity index (χ4n) is 3.07. The van der Waals surface area contributed by atoms with Crippen molar-refractivity contribution >= 4 is 17.8 Å². The molecule has 1 N–H and O–H groups in total. The van der Waals surface area contributed by atoms with Crippen LogP contribution in [0.25, 0.3) is 0 Å². The number of hydrogen-bond acceptors (Lipinski definition) is 5. The van der Waals surface area contributed by atoms with E-state index in [1.807, 2.05) is 12.1 Å². The first-order valence-electron chi connectivity index (χ1n) is 8.69. The van der Waals surface area contributed by atoms with E-state index in [-0.39, 0.29) is 24.8 Å². The molecule has 2 aliphatic rings. The van der Waals surface area contributed by atoms with E-state index in [1.165, 1.54) is 4.90 Å². The average molecular weight is 361 g/mol. The zero-order valence-corrected chi connectivity index (χ0v) is 14.8. The molecule has 2 aliphatic heterocycles. The van der Waals surface area contributed by atoms with Gasteiger partial charge in [0.1, 0.15) is 11.8 Å². The minimum absolute atomic E-state index is 0.0102. The minimum atomic E-state index is -0.647. The molecule has 4 amide bonds. The van der Waals surface area contributed by atoms with E-state index in [0.29, 0.717) is 38.5 Å². The van der Waals surface area contributed by atoms with E-state index in [4.69, 9.17) is 9.47 Å². The van der Waals surface area contributed by atoms with E-state index < -0.39 is 12.1 Å². The number of rotatable bonds is 6. The highest BCUT2D eigenvalue weighted by atomic mass is 16.5. The maximum atomic E-state index is 12.5. The molecule has 1 aromatic rings. The summed E-state index contributed by atoms with van der Waals surface area (Å²) in [5.41, 5.74) is 0.833. The number of ether oxygens (including phenoxy) is 2. The Labute approximate surface area is 152 Å². The molecule has 1 aromatic carbocycles. The van der Waals surface area contributed by atoms with Crippen molar-refractivity contribution in [1.82, 2.24) is 15.1 Å². The Kier molecular flexibility index (Phi) is 5.72. The number of amides is 4. The van der Waals surface area contributed by atoms with Gasteiger partial charge in [0.05, 0.1) is 26.9 Å². The van der Waals surface area contributed by atoms with Crippen molar-refractivity contribution in [2.24, 2.45) is 0 Å². The summed E-state index contributed by atoms with van der Waals surface area (Å²) in [6.07, 6.45) is 0.535. The molecule has 0 saturated carbocycles. The number of methoxy groups -OCH3 is 1. The van der Waals surface area contributed by atoms with Crippen LogP contribution in [0.4, 0.5) is 4.79 Å². The molecule has 0 aliphatic carbocycles. The van der Waals surface area contributed by atoms with E-state index in [1.54, 1.807) is 24.1 Å². The maximum absolute atomic E-state index is 12.5. The van der Waals surface area contributed by atoms with E-state index >= 15 is 0 Å². The van der Waals surface area contributed by atoms with Crippen molar-refractivity contribution in [3.8, 4) is 5.75 Å². The van der Waals surface area contributed by atoms with Crippen LogP contribution < -0.4 is 10.1 Å². The monoisotopic (exact) mass is 361 g/mol. The van der Waals surface area contributed by atoms with Crippen LogP contribution in [0.15, 0.2) is 24.3 Å². The number of nitrogens with zero attached hydrogens (tertiary/aromatic N) is 2. The molecule has 2 fully saturated rings. The summed E-state index contributed by atoms with van der Waals surface area (Å²) in [4.78, 5) is 39.8. The molecule has 1 atom stereocenters. The topological polar surface area (TPSA) is 88.2 Å². The highest BCUT2D eigenvalue weighted by molar-refractivity contribution is 6.04. The standard InChI is InChI=1S/C18H23N3O5/c1-25-14-4-2-13(3-5-14)12-21-17(23)15(19-18(21)24)6-7-16(22)20-8-10-26-11-9-20/h2-5,15H,6-12H2,1H3,(H,19,24)/t15-/m1/s1. The number of benzene rings is 1. The maximum Gasteiger partial charge on any atom is 0.325 e. The number of hydrogen-bond donors (Lipinski definition) is 1. The van der Waals surface area contributed by atoms with Crippen LogP contribution in [0.3, 0.4) is 0 Å². The van der Waals surface area contributed by atoms with Crippen LogP contribution in [0.1, 0.15) is 18.4 Å². The van der Waals surface area contributed by atoms with E-state index in [0.717, 1.165) is 5.56 Å². The number of carbonyl (C=O) groups is 3. The van der Waals surface area contributed by atoms with Gasteiger partial charge in [-0.05, 0) is 24.1 Å². The first-order chi connectivity index (χ1) is 12.6. The van der Waals surface area contributed by atoms with Crippen molar-refractivity contribution in [1.29, 1.82) is 0 Å². The van der Waals surface area contributed by atoms with Gasteiger partial charge in [0, 0.05) is 19.5 Å². The molecule has 0 spiro atoms. The summed E-state index contributed by atoms with van der Waals surface area (Å²) < 4.78 is 10.3. The van der Waals surface area contributed by atoms with Crippen LogP contribution in [-0.2, 0) is 20.9 Å². The predicted octanol–water partition coefficient (Wildman–Crippen LogP) is 0.755. The fraction of sp³-hybridized carbons (Fsp3) is 0.500. The molecule has 140 valence electrons. The molecular weight excluding hydrogens is 338 g/mol. The predicted molar refractivity (Wildman–Crippen MR) is 92.5 cm³/mol.